The van der Waals surface area contributed by atoms with Gasteiger partial charge in [0.2, 0.25) is 10.0 Å². The molecule has 0 saturated heterocycles. The molecule has 23 heavy (non-hydrogen) atoms. The van der Waals surface area contributed by atoms with E-state index in [9.17, 15) is 8.42 Å². The van der Waals surface area contributed by atoms with Gasteiger partial charge in [0, 0.05) is 6.54 Å². The maximum absolute atomic E-state index is 12.3. The summed E-state index contributed by atoms with van der Waals surface area (Å²) in [6.45, 7) is 2.29. The summed E-state index contributed by atoms with van der Waals surface area (Å²) in [5, 5.41) is 0.851. The van der Waals surface area contributed by atoms with Crippen LogP contribution in [-0.4, -0.2) is 8.42 Å². The second-order valence-corrected chi connectivity index (χ2v) is 7.90. The first-order valence-electron chi connectivity index (χ1n) is 7.45. The zero-order valence-electron chi connectivity index (χ0n) is 12.9. The first-order valence-corrected chi connectivity index (χ1v) is 9.69. The molecule has 2 aromatic carbocycles. The van der Waals surface area contributed by atoms with Crippen LogP contribution in [0.15, 0.2) is 47.4 Å². The molecular formula is C17H19Cl2NO2S. The van der Waals surface area contributed by atoms with Crippen LogP contribution in [0.1, 0.15) is 30.9 Å². The summed E-state index contributed by atoms with van der Waals surface area (Å²) in [7, 11) is -3.54. The van der Waals surface area contributed by atoms with Crippen LogP contribution in [0.5, 0.6) is 0 Å². The number of hydrogen-bond acceptors (Lipinski definition) is 2. The molecule has 2 aromatic rings. The first kappa shape index (κ1) is 18.3. The minimum atomic E-state index is -3.54. The van der Waals surface area contributed by atoms with Crippen molar-refractivity contribution in [3.8, 4) is 0 Å². The van der Waals surface area contributed by atoms with Crippen LogP contribution in [0, 0.1) is 0 Å². The number of sulfonamides is 1. The third kappa shape index (κ3) is 5.21. The van der Waals surface area contributed by atoms with Crippen molar-refractivity contribution in [2.45, 2.75) is 37.6 Å². The molecule has 2 rings (SSSR count). The van der Waals surface area contributed by atoms with Crippen LogP contribution < -0.4 is 4.72 Å². The summed E-state index contributed by atoms with van der Waals surface area (Å²) < 4.78 is 27.2. The lowest BCUT2D eigenvalue weighted by Crippen LogP contribution is -2.23. The molecule has 0 saturated carbocycles. The summed E-state index contributed by atoms with van der Waals surface area (Å²) in [6.07, 6.45) is 3.18. The molecule has 0 spiro atoms. The molecule has 0 amide bonds. The largest absolute Gasteiger partial charge is 0.240 e. The van der Waals surface area contributed by atoms with Crippen LogP contribution >= 0.6 is 23.2 Å². The van der Waals surface area contributed by atoms with Gasteiger partial charge in [0.25, 0.3) is 0 Å². The summed E-state index contributed by atoms with van der Waals surface area (Å²) in [6, 6.07) is 12.1. The highest BCUT2D eigenvalue weighted by Crippen LogP contribution is 2.22. The Morgan fingerprint density at radius 3 is 2.22 bits per heavy atom. The fourth-order valence-corrected chi connectivity index (χ4v) is 3.47. The fraction of sp³-hybridized carbons (Fsp3) is 0.294. The van der Waals surface area contributed by atoms with Crippen molar-refractivity contribution < 1.29 is 8.42 Å². The van der Waals surface area contributed by atoms with Crippen LogP contribution in [0.2, 0.25) is 10.0 Å². The van der Waals surface area contributed by atoms with Gasteiger partial charge in [0.05, 0.1) is 14.9 Å². The molecule has 6 heteroatoms. The van der Waals surface area contributed by atoms with Crippen molar-refractivity contribution in [3.63, 3.8) is 0 Å². The van der Waals surface area contributed by atoms with Gasteiger partial charge < -0.3 is 0 Å². The zero-order valence-corrected chi connectivity index (χ0v) is 15.2. The Bertz CT molecular complexity index is 759. The Morgan fingerprint density at radius 1 is 0.957 bits per heavy atom. The van der Waals surface area contributed by atoms with E-state index in [1.807, 2.05) is 12.1 Å². The van der Waals surface area contributed by atoms with E-state index in [-0.39, 0.29) is 11.4 Å². The molecule has 3 nitrogen and oxygen atoms in total. The zero-order chi connectivity index (χ0) is 16.9. The van der Waals surface area contributed by atoms with Gasteiger partial charge in [0.15, 0.2) is 0 Å². The van der Waals surface area contributed by atoms with E-state index >= 15 is 0 Å². The van der Waals surface area contributed by atoms with Gasteiger partial charge in [-0.3, -0.25) is 0 Å². The minimum Gasteiger partial charge on any atom is -0.207 e. The molecular weight excluding hydrogens is 353 g/mol. The van der Waals surface area contributed by atoms with E-state index in [2.05, 4.69) is 11.6 Å². The second-order valence-electron chi connectivity index (χ2n) is 5.32. The summed E-state index contributed by atoms with van der Waals surface area (Å²) in [5.41, 5.74) is 1.90. The lowest BCUT2D eigenvalue weighted by Gasteiger charge is -2.08. The molecule has 0 aromatic heterocycles. The normalized spacial score (nSPS) is 11.6. The fourth-order valence-electron chi connectivity index (χ4n) is 2.13. The molecule has 0 aliphatic rings. The average molecular weight is 372 g/mol. The lowest BCUT2D eigenvalue weighted by atomic mass is 10.1. The second kappa shape index (κ2) is 8.15. The van der Waals surface area contributed by atoms with Crippen molar-refractivity contribution >= 4 is 33.2 Å². The third-order valence-corrected chi connectivity index (χ3v) is 5.66. The number of benzene rings is 2. The van der Waals surface area contributed by atoms with Gasteiger partial charge >= 0.3 is 0 Å². The quantitative estimate of drug-likeness (QED) is 0.758. The molecule has 0 aliphatic heterocycles. The summed E-state index contributed by atoms with van der Waals surface area (Å²) in [4.78, 5) is 0.262. The Kier molecular flexibility index (Phi) is 6.48. The maximum atomic E-state index is 12.3. The molecule has 0 bridgehead atoms. The van der Waals surface area contributed by atoms with E-state index in [1.54, 1.807) is 30.3 Å². The SMILES string of the molecule is CCCCc1ccc(S(=O)(=O)NCc2ccc(Cl)c(Cl)c2)cc1. The summed E-state index contributed by atoms with van der Waals surface area (Å²) >= 11 is 11.8. The molecule has 0 atom stereocenters. The third-order valence-electron chi connectivity index (χ3n) is 3.50. The van der Waals surface area contributed by atoms with E-state index in [0.717, 1.165) is 30.4 Å². The predicted molar refractivity (Wildman–Crippen MR) is 95.5 cm³/mol. The molecule has 124 valence electrons. The molecule has 1 N–H and O–H groups in total. The Balaban J connectivity index is 2.04. The van der Waals surface area contributed by atoms with E-state index in [0.29, 0.717) is 10.0 Å². The van der Waals surface area contributed by atoms with Crippen LogP contribution in [0.4, 0.5) is 0 Å². The maximum Gasteiger partial charge on any atom is 0.240 e. The van der Waals surface area contributed by atoms with Crippen LogP contribution in [0.3, 0.4) is 0 Å². The summed E-state index contributed by atoms with van der Waals surface area (Å²) in [5.74, 6) is 0. The van der Waals surface area contributed by atoms with E-state index < -0.39 is 10.0 Å². The standard InChI is InChI=1S/C17H19Cl2NO2S/c1-2-3-4-13-5-8-15(9-6-13)23(21,22)20-12-14-7-10-16(18)17(19)11-14/h5-11,20H,2-4,12H2,1H3. The molecule has 0 aliphatic carbocycles. The number of aryl methyl sites for hydroxylation is 1. The first-order chi connectivity index (χ1) is 10.9. The highest BCUT2D eigenvalue weighted by molar-refractivity contribution is 7.89. The van der Waals surface area contributed by atoms with Gasteiger partial charge in [0.1, 0.15) is 0 Å². The average Bonchev–Trinajstić information content (AvgIpc) is 2.54. The van der Waals surface area contributed by atoms with Crippen molar-refractivity contribution in [2.75, 3.05) is 0 Å². The number of nitrogens with one attached hydrogen (secondary N) is 1. The number of unbranched alkanes of at least 4 members (excludes halogenated alkanes) is 1. The lowest BCUT2D eigenvalue weighted by molar-refractivity contribution is 0.581. The van der Waals surface area contributed by atoms with Gasteiger partial charge in [-0.1, -0.05) is 54.7 Å². The number of hydrogen-bond donors (Lipinski definition) is 1. The molecule has 0 fully saturated rings. The van der Waals surface area contributed by atoms with Crippen LogP contribution in [0.25, 0.3) is 0 Å². The van der Waals surface area contributed by atoms with Gasteiger partial charge in [-0.25, -0.2) is 13.1 Å². The number of rotatable bonds is 7. The van der Waals surface area contributed by atoms with Gasteiger partial charge in [-0.2, -0.15) is 0 Å². The van der Waals surface area contributed by atoms with Crippen molar-refractivity contribution in [1.29, 1.82) is 0 Å². The topological polar surface area (TPSA) is 46.2 Å². The smallest absolute Gasteiger partial charge is 0.207 e. The van der Waals surface area contributed by atoms with Gasteiger partial charge in [-0.05, 0) is 48.2 Å². The van der Waals surface area contributed by atoms with E-state index in [4.69, 9.17) is 23.2 Å². The molecule has 0 heterocycles. The van der Waals surface area contributed by atoms with E-state index in [1.165, 1.54) is 0 Å². The predicted octanol–water partition coefficient (Wildman–Crippen LogP) is 4.81. The monoisotopic (exact) mass is 371 g/mol. The highest BCUT2D eigenvalue weighted by Gasteiger charge is 2.13. The highest BCUT2D eigenvalue weighted by atomic mass is 35.5. The Labute approximate surface area is 147 Å². The van der Waals surface area contributed by atoms with Crippen molar-refractivity contribution in [2.24, 2.45) is 0 Å². The minimum absolute atomic E-state index is 0.164. The molecule has 0 radical (unpaired) electrons. The van der Waals surface area contributed by atoms with Crippen molar-refractivity contribution in [1.82, 2.24) is 4.72 Å². The van der Waals surface area contributed by atoms with Crippen LogP contribution in [-0.2, 0) is 23.0 Å². The Morgan fingerprint density at radius 2 is 1.61 bits per heavy atom. The van der Waals surface area contributed by atoms with Gasteiger partial charge in [-0.15, -0.1) is 0 Å². The Hall–Kier alpha value is -1.07. The number of halogens is 2. The van der Waals surface area contributed by atoms with Crippen molar-refractivity contribution in [3.05, 3.63) is 63.6 Å². The molecule has 0 unspecified atom stereocenters.